The highest BCUT2D eigenvalue weighted by Gasteiger charge is 2.33. The van der Waals surface area contributed by atoms with Gasteiger partial charge in [-0.15, -0.1) is 0 Å². The molecular formula is C29H33ClFN3O4S. The van der Waals surface area contributed by atoms with Crippen molar-refractivity contribution in [3.05, 3.63) is 101 Å². The van der Waals surface area contributed by atoms with E-state index in [1.807, 2.05) is 37.3 Å². The zero-order valence-corrected chi connectivity index (χ0v) is 23.6. The molecule has 1 atom stereocenters. The van der Waals surface area contributed by atoms with Gasteiger partial charge in [-0.25, -0.2) is 12.8 Å². The molecule has 0 radical (unpaired) electrons. The van der Waals surface area contributed by atoms with Crippen molar-refractivity contribution < 1.29 is 22.4 Å². The van der Waals surface area contributed by atoms with E-state index in [9.17, 15) is 22.4 Å². The fourth-order valence-corrected chi connectivity index (χ4v) is 5.04. The van der Waals surface area contributed by atoms with Gasteiger partial charge in [0.25, 0.3) is 0 Å². The second-order valence-corrected chi connectivity index (χ2v) is 11.6. The predicted octanol–water partition coefficient (Wildman–Crippen LogP) is 4.80. The van der Waals surface area contributed by atoms with Crippen LogP contribution in [0.3, 0.4) is 0 Å². The monoisotopic (exact) mass is 573 g/mol. The van der Waals surface area contributed by atoms with Crippen molar-refractivity contribution in [2.75, 3.05) is 23.7 Å². The Balaban J connectivity index is 2.01. The average molecular weight is 574 g/mol. The lowest BCUT2D eigenvalue weighted by Gasteiger charge is -2.33. The van der Waals surface area contributed by atoms with E-state index in [2.05, 4.69) is 5.32 Å². The molecule has 1 N–H and O–H groups in total. The molecule has 208 valence electrons. The molecule has 0 aliphatic rings. The molecule has 1 unspecified atom stereocenters. The van der Waals surface area contributed by atoms with Crippen LogP contribution in [-0.4, -0.2) is 50.5 Å². The molecule has 0 aliphatic heterocycles. The third-order valence-corrected chi connectivity index (χ3v) is 7.55. The number of benzene rings is 3. The quantitative estimate of drug-likeness (QED) is 0.298. The molecule has 3 aromatic carbocycles. The first-order valence-corrected chi connectivity index (χ1v) is 14.9. The lowest BCUT2D eigenvalue weighted by Crippen LogP contribution is -2.53. The summed E-state index contributed by atoms with van der Waals surface area (Å²) in [7, 11) is -3.87. The Morgan fingerprint density at radius 1 is 0.949 bits per heavy atom. The van der Waals surface area contributed by atoms with Crippen LogP contribution < -0.4 is 9.62 Å². The SMILES string of the molecule is CCCCNC(=O)C(Cc1ccccc1)N(Cc1ccc(F)cc1)C(=O)CN(c1ccc(Cl)cc1)S(C)(=O)=O. The molecule has 0 bridgehead atoms. The van der Waals surface area contributed by atoms with E-state index in [0.29, 0.717) is 17.1 Å². The number of amides is 2. The van der Waals surface area contributed by atoms with Crippen LogP contribution in [0, 0.1) is 5.82 Å². The maximum atomic E-state index is 13.9. The first-order chi connectivity index (χ1) is 18.6. The van der Waals surface area contributed by atoms with Crippen molar-refractivity contribution in [1.82, 2.24) is 10.2 Å². The Labute approximate surface area is 234 Å². The maximum absolute atomic E-state index is 13.9. The lowest BCUT2D eigenvalue weighted by atomic mass is 10.0. The summed E-state index contributed by atoms with van der Waals surface area (Å²) in [6.45, 7) is 1.90. The van der Waals surface area contributed by atoms with Gasteiger partial charge in [0.1, 0.15) is 18.4 Å². The van der Waals surface area contributed by atoms with Crippen LogP contribution in [0.25, 0.3) is 0 Å². The molecule has 0 fully saturated rings. The van der Waals surface area contributed by atoms with E-state index in [0.717, 1.165) is 29.0 Å². The summed E-state index contributed by atoms with van der Waals surface area (Å²) in [5, 5.41) is 3.34. The molecular weight excluding hydrogens is 541 g/mol. The minimum atomic E-state index is -3.87. The average Bonchev–Trinajstić information content (AvgIpc) is 2.91. The Bertz CT molecular complexity index is 1340. The van der Waals surface area contributed by atoms with Gasteiger partial charge in [0.15, 0.2) is 0 Å². The first kappa shape index (κ1) is 30.1. The highest BCUT2D eigenvalue weighted by Crippen LogP contribution is 2.22. The van der Waals surface area contributed by atoms with E-state index < -0.39 is 34.3 Å². The first-order valence-electron chi connectivity index (χ1n) is 12.7. The molecule has 0 aliphatic carbocycles. The van der Waals surface area contributed by atoms with Gasteiger partial charge in [-0.2, -0.15) is 0 Å². The van der Waals surface area contributed by atoms with Crippen LogP contribution in [-0.2, 0) is 32.6 Å². The second kappa shape index (κ2) is 14.1. The summed E-state index contributed by atoms with van der Waals surface area (Å²) >= 11 is 5.98. The second-order valence-electron chi connectivity index (χ2n) is 9.24. The van der Waals surface area contributed by atoms with Gasteiger partial charge in [0.2, 0.25) is 21.8 Å². The molecule has 2 amide bonds. The van der Waals surface area contributed by atoms with Gasteiger partial charge in [-0.3, -0.25) is 13.9 Å². The van der Waals surface area contributed by atoms with E-state index in [-0.39, 0.29) is 24.6 Å². The summed E-state index contributed by atoms with van der Waals surface area (Å²) in [4.78, 5) is 28.8. The number of carbonyl (C=O) groups is 2. The van der Waals surface area contributed by atoms with Crippen LogP contribution in [0.2, 0.25) is 5.02 Å². The molecule has 3 aromatic rings. The fraction of sp³-hybridized carbons (Fsp3) is 0.310. The Hall–Kier alpha value is -3.43. The normalized spacial score (nSPS) is 12.0. The largest absolute Gasteiger partial charge is 0.354 e. The molecule has 0 saturated carbocycles. The summed E-state index contributed by atoms with van der Waals surface area (Å²) in [6.07, 6.45) is 2.88. The fourth-order valence-electron chi connectivity index (χ4n) is 4.07. The van der Waals surface area contributed by atoms with Gasteiger partial charge < -0.3 is 10.2 Å². The predicted molar refractivity (Wildman–Crippen MR) is 152 cm³/mol. The van der Waals surface area contributed by atoms with E-state index in [1.54, 1.807) is 0 Å². The van der Waals surface area contributed by atoms with Crippen molar-refractivity contribution in [3.63, 3.8) is 0 Å². The molecule has 0 saturated heterocycles. The minimum absolute atomic E-state index is 0.0178. The van der Waals surface area contributed by atoms with Crippen LogP contribution in [0.5, 0.6) is 0 Å². The highest BCUT2D eigenvalue weighted by atomic mass is 35.5. The number of halogens is 2. The van der Waals surface area contributed by atoms with Crippen LogP contribution in [0.4, 0.5) is 10.1 Å². The molecule has 3 rings (SSSR count). The smallest absolute Gasteiger partial charge is 0.244 e. The van der Waals surface area contributed by atoms with E-state index in [1.165, 1.54) is 53.4 Å². The lowest BCUT2D eigenvalue weighted by molar-refractivity contribution is -0.140. The van der Waals surface area contributed by atoms with Gasteiger partial charge >= 0.3 is 0 Å². The molecule has 0 aromatic heterocycles. The highest BCUT2D eigenvalue weighted by molar-refractivity contribution is 7.92. The molecule has 39 heavy (non-hydrogen) atoms. The summed E-state index contributed by atoms with van der Waals surface area (Å²) in [5.41, 5.74) is 1.70. The molecule has 7 nitrogen and oxygen atoms in total. The van der Waals surface area contributed by atoms with E-state index in [4.69, 9.17) is 11.6 Å². The van der Waals surface area contributed by atoms with Crippen molar-refractivity contribution in [2.45, 2.75) is 38.8 Å². The number of rotatable bonds is 13. The third-order valence-electron chi connectivity index (χ3n) is 6.16. The topological polar surface area (TPSA) is 86.8 Å². The molecule has 0 heterocycles. The number of sulfonamides is 1. The van der Waals surface area contributed by atoms with Crippen molar-refractivity contribution >= 4 is 39.1 Å². The summed E-state index contributed by atoms with van der Waals surface area (Å²) in [6, 6.07) is 20.1. The summed E-state index contributed by atoms with van der Waals surface area (Å²) in [5.74, 6) is -1.35. The van der Waals surface area contributed by atoms with Gasteiger partial charge in [-0.05, 0) is 53.9 Å². The number of anilines is 1. The van der Waals surface area contributed by atoms with Crippen LogP contribution in [0.1, 0.15) is 30.9 Å². The molecule has 10 heteroatoms. The van der Waals surface area contributed by atoms with Crippen LogP contribution in [0.15, 0.2) is 78.9 Å². The zero-order valence-electron chi connectivity index (χ0n) is 22.0. The van der Waals surface area contributed by atoms with Crippen molar-refractivity contribution in [3.8, 4) is 0 Å². The zero-order chi connectivity index (χ0) is 28.4. The maximum Gasteiger partial charge on any atom is 0.244 e. The standard InChI is InChI=1S/C29H33ClFN3O4S/c1-3-4-18-32-29(36)27(19-22-8-6-5-7-9-22)33(20-23-10-14-25(31)15-11-23)28(35)21-34(39(2,37)38)26-16-12-24(30)13-17-26/h5-17,27H,3-4,18-21H2,1-2H3,(H,32,36). The van der Waals surface area contributed by atoms with Gasteiger partial charge in [0.05, 0.1) is 11.9 Å². The number of nitrogens with one attached hydrogen (secondary N) is 1. The van der Waals surface area contributed by atoms with Gasteiger partial charge in [-0.1, -0.05) is 67.4 Å². The number of carbonyl (C=O) groups excluding carboxylic acids is 2. The number of unbranched alkanes of at least 4 members (excludes halogenated alkanes) is 1. The Morgan fingerprint density at radius 3 is 2.18 bits per heavy atom. The van der Waals surface area contributed by atoms with Crippen molar-refractivity contribution in [2.24, 2.45) is 0 Å². The number of hydrogen-bond donors (Lipinski definition) is 1. The van der Waals surface area contributed by atoms with Crippen LogP contribution >= 0.6 is 11.6 Å². The third kappa shape index (κ3) is 9.07. The number of hydrogen-bond acceptors (Lipinski definition) is 4. The minimum Gasteiger partial charge on any atom is -0.354 e. The summed E-state index contributed by atoms with van der Waals surface area (Å²) < 4.78 is 40.1. The Morgan fingerprint density at radius 2 is 1.59 bits per heavy atom. The Kier molecular flexibility index (Phi) is 10.9. The number of nitrogens with zero attached hydrogens (tertiary/aromatic N) is 2. The van der Waals surface area contributed by atoms with Gasteiger partial charge in [0, 0.05) is 24.5 Å². The van der Waals surface area contributed by atoms with E-state index >= 15 is 0 Å². The van der Waals surface area contributed by atoms with Crippen molar-refractivity contribution in [1.29, 1.82) is 0 Å². The molecule has 0 spiro atoms.